The van der Waals surface area contributed by atoms with E-state index < -0.39 is 0 Å². The van der Waals surface area contributed by atoms with Crippen LogP contribution in [0.3, 0.4) is 0 Å². The first-order valence-corrected chi connectivity index (χ1v) is 10.3. The lowest BCUT2D eigenvalue weighted by molar-refractivity contribution is -1.02. The molecule has 1 atom stereocenters. The van der Waals surface area contributed by atoms with Crippen LogP contribution in [0.4, 0.5) is 5.69 Å². The number of hydrogen-bond donors (Lipinski definition) is 3. The summed E-state index contributed by atoms with van der Waals surface area (Å²) in [5.41, 5.74) is 3.24. The molecule has 156 valence electrons. The highest BCUT2D eigenvalue weighted by Gasteiger charge is 2.31. The van der Waals surface area contributed by atoms with Gasteiger partial charge >= 0.3 is 0 Å². The Bertz CT molecular complexity index is 832. The summed E-state index contributed by atoms with van der Waals surface area (Å²) in [5, 5.41) is 3.09. The predicted molar refractivity (Wildman–Crippen MR) is 114 cm³/mol. The molecule has 0 aliphatic carbocycles. The molecular weight excluding hydrogens is 366 g/mol. The van der Waals surface area contributed by atoms with Crippen LogP contribution in [0.1, 0.15) is 18.1 Å². The number of nitrogens with one attached hydrogen (secondary N) is 3. The van der Waals surface area contributed by atoms with Crippen LogP contribution in [-0.4, -0.2) is 52.3 Å². The Kier molecular flexibility index (Phi) is 7.12. The zero-order valence-electron chi connectivity index (χ0n) is 17.9. The number of hydrogen-bond acceptors (Lipinski definition) is 3. The lowest BCUT2D eigenvalue weighted by Gasteiger charge is -2.32. The number of methoxy groups -OCH3 is 2. The van der Waals surface area contributed by atoms with Crippen molar-refractivity contribution in [3.05, 3.63) is 53.6 Å². The summed E-state index contributed by atoms with van der Waals surface area (Å²) >= 11 is 0. The van der Waals surface area contributed by atoms with E-state index in [-0.39, 0.29) is 11.9 Å². The van der Waals surface area contributed by atoms with Crippen LogP contribution in [-0.2, 0) is 11.3 Å². The summed E-state index contributed by atoms with van der Waals surface area (Å²) in [4.78, 5) is 15.6. The van der Waals surface area contributed by atoms with Crippen LogP contribution in [0.15, 0.2) is 42.5 Å². The maximum atomic E-state index is 12.7. The third kappa shape index (κ3) is 5.28. The van der Waals surface area contributed by atoms with Crippen molar-refractivity contribution in [2.24, 2.45) is 0 Å². The van der Waals surface area contributed by atoms with Gasteiger partial charge in [-0.1, -0.05) is 18.2 Å². The highest BCUT2D eigenvalue weighted by Crippen LogP contribution is 2.27. The molecule has 0 aromatic heterocycles. The molecule has 29 heavy (non-hydrogen) atoms. The summed E-state index contributed by atoms with van der Waals surface area (Å²) in [5.74, 6) is 1.63. The second-order valence-corrected chi connectivity index (χ2v) is 7.80. The zero-order chi connectivity index (χ0) is 20.8. The van der Waals surface area contributed by atoms with Crippen molar-refractivity contribution in [3.8, 4) is 11.5 Å². The molecule has 1 aliphatic rings. The number of quaternary nitrogens is 2. The molecule has 3 rings (SSSR count). The molecular formula is C23H33N3O3+2. The van der Waals surface area contributed by atoms with E-state index in [4.69, 9.17) is 9.47 Å². The Hall–Kier alpha value is -2.57. The molecule has 2 aromatic carbocycles. The number of amides is 1. The van der Waals surface area contributed by atoms with Crippen LogP contribution in [0.5, 0.6) is 11.5 Å². The lowest BCUT2D eigenvalue weighted by atomic mass is 10.1. The first kappa shape index (κ1) is 21.1. The van der Waals surface area contributed by atoms with E-state index in [0.29, 0.717) is 0 Å². The fourth-order valence-corrected chi connectivity index (χ4v) is 3.95. The number of para-hydroxylation sites is 1. The summed E-state index contributed by atoms with van der Waals surface area (Å²) in [6.07, 6.45) is 0. The van der Waals surface area contributed by atoms with Crippen molar-refractivity contribution in [2.75, 3.05) is 45.7 Å². The number of carbonyl (C=O) groups excluding carboxylic acids is 1. The third-order valence-electron chi connectivity index (χ3n) is 5.91. The third-order valence-corrected chi connectivity index (χ3v) is 5.91. The number of piperazine rings is 1. The monoisotopic (exact) mass is 399 g/mol. The van der Waals surface area contributed by atoms with Gasteiger partial charge in [0.05, 0.1) is 14.2 Å². The Morgan fingerprint density at radius 1 is 1.03 bits per heavy atom. The van der Waals surface area contributed by atoms with Gasteiger partial charge in [0.2, 0.25) is 0 Å². The first-order chi connectivity index (χ1) is 14.0. The van der Waals surface area contributed by atoms with Crippen LogP contribution >= 0.6 is 0 Å². The number of rotatable bonds is 7. The van der Waals surface area contributed by atoms with Crippen molar-refractivity contribution in [1.29, 1.82) is 0 Å². The molecule has 3 N–H and O–H groups in total. The van der Waals surface area contributed by atoms with E-state index in [2.05, 4.69) is 17.4 Å². The van der Waals surface area contributed by atoms with Gasteiger partial charge in [-0.2, -0.15) is 0 Å². The van der Waals surface area contributed by atoms with Crippen molar-refractivity contribution in [1.82, 2.24) is 0 Å². The molecule has 6 heteroatoms. The van der Waals surface area contributed by atoms with Crippen LogP contribution in [0.25, 0.3) is 0 Å². The second kappa shape index (κ2) is 9.76. The van der Waals surface area contributed by atoms with Gasteiger partial charge in [-0.25, -0.2) is 0 Å². The number of anilines is 1. The minimum atomic E-state index is -0.0581. The Morgan fingerprint density at radius 2 is 1.72 bits per heavy atom. The quantitative estimate of drug-likeness (QED) is 0.629. The molecule has 1 saturated heterocycles. The average molecular weight is 400 g/mol. The van der Waals surface area contributed by atoms with Crippen molar-refractivity contribution < 1.29 is 24.1 Å². The van der Waals surface area contributed by atoms with E-state index in [1.165, 1.54) is 15.4 Å². The number of benzene rings is 2. The van der Waals surface area contributed by atoms with Crippen LogP contribution in [0.2, 0.25) is 0 Å². The fraction of sp³-hybridized carbons (Fsp3) is 0.435. The molecule has 1 amide bonds. The smallest absolute Gasteiger partial charge is 0.282 e. The molecule has 6 nitrogen and oxygen atoms in total. The Labute approximate surface area is 173 Å². The van der Waals surface area contributed by atoms with Gasteiger partial charge in [-0.15, -0.1) is 0 Å². The van der Waals surface area contributed by atoms with Gasteiger partial charge in [0.1, 0.15) is 32.7 Å². The van der Waals surface area contributed by atoms with Gasteiger partial charge in [-0.3, -0.25) is 4.79 Å². The van der Waals surface area contributed by atoms with E-state index >= 15 is 0 Å². The molecule has 1 heterocycles. The van der Waals surface area contributed by atoms with Gasteiger partial charge in [0.25, 0.3) is 5.91 Å². The summed E-state index contributed by atoms with van der Waals surface area (Å²) in [6, 6.07) is 14.0. The number of aryl methyl sites for hydroxylation is 1. The molecule has 0 bridgehead atoms. The minimum absolute atomic E-state index is 0.0581. The van der Waals surface area contributed by atoms with E-state index in [1.54, 1.807) is 14.2 Å². The summed E-state index contributed by atoms with van der Waals surface area (Å²) < 4.78 is 10.7. The van der Waals surface area contributed by atoms with E-state index in [9.17, 15) is 4.79 Å². The summed E-state index contributed by atoms with van der Waals surface area (Å²) in [7, 11) is 3.32. The van der Waals surface area contributed by atoms with Crippen LogP contribution < -0.4 is 24.6 Å². The topological polar surface area (TPSA) is 56.4 Å². The number of ether oxygens (including phenoxy) is 2. The molecule has 1 aliphatic heterocycles. The lowest BCUT2D eigenvalue weighted by Crippen LogP contribution is -3.29. The maximum Gasteiger partial charge on any atom is 0.282 e. The van der Waals surface area contributed by atoms with Crippen LogP contribution in [0, 0.1) is 6.92 Å². The van der Waals surface area contributed by atoms with E-state index in [0.717, 1.165) is 55.5 Å². The average Bonchev–Trinajstić information content (AvgIpc) is 2.75. The highest BCUT2D eigenvalue weighted by molar-refractivity contribution is 5.94. The van der Waals surface area contributed by atoms with Crippen molar-refractivity contribution in [2.45, 2.75) is 26.4 Å². The largest absolute Gasteiger partial charge is 0.493 e. The number of carbonyl (C=O) groups is 1. The second-order valence-electron chi connectivity index (χ2n) is 7.80. The minimum Gasteiger partial charge on any atom is -0.493 e. The maximum absolute atomic E-state index is 12.7. The molecule has 0 radical (unpaired) electrons. The molecule has 1 fully saturated rings. The van der Waals surface area contributed by atoms with E-state index in [1.807, 2.05) is 44.2 Å². The Morgan fingerprint density at radius 3 is 2.38 bits per heavy atom. The fourth-order valence-electron chi connectivity index (χ4n) is 3.95. The van der Waals surface area contributed by atoms with Crippen molar-refractivity contribution in [3.63, 3.8) is 0 Å². The van der Waals surface area contributed by atoms with Gasteiger partial charge in [0.15, 0.2) is 17.5 Å². The van der Waals surface area contributed by atoms with Gasteiger partial charge in [-0.05, 0) is 43.7 Å². The highest BCUT2D eigenvalue weighted by atomic mass is 16.5. The zero-order valence-corrected chi connectivity index (χ0v) is 17.9. The van der Waals surface area contributed by atoms with Crippen molar-refractivity contribution >= 4 is 11.6 Å². The Balaban J connectivity index is 1.52. The molecule has 0 spiro atoms. The standard InChI is InChI=1S/C23H31N3O3/c1-17-7-5-6-8-20(17)24-23(27)18(2)26-13-11-25(12-14-26)16-19-9-10-21(28-3)22(15-19)29-4/h5-10,15,18H,11-14,16H2,1-4H3,(H,24,27)/p+2/t18-/m1/s1. The molecule has 2 aromatic rings. The van der Waals surface area contributed by atoms with Gasteiger partial charge in [0, 0.05) is 11.3 Å². The molecule has 0 unspecified atom stereocenters. The normalized spacial score (nSPS) is 20.0. The predicted octanol–water partition coefficient (Wildman–Crippen LogP) is 0.323. The first-order valence-electron chi connectivity index (χ1n) is 10.3. The SMILES string of the molecule is COc1ccc(C[NH+]2CC[NH+]([C@H](C)C(=O)Nc3ccccc3C)CC2)cc1OC. The molecule has 0 saturated carbocycles. The van der Waals surface area contributed by atoms with Gasteiger partial charge < -0.3 is 24.6 Å². The summed E-state index contributed by atoms with van der Waals surface area (Å²) in [6.45, 7) is 9.08.